The number of aromatic nitrogens is 2. The molecule has 2 aliphatic heterocycles. The minimum Gasteiger partial charge on any atom is -0.363 e. The van der Waals surface area contributed by atoms with Crippen molar-refractivity contribution in [1.29, 1.82) is 0 Å². The SMILES string of the molecule is Cc1cnc(CNC(=O)[C@H]2C[C@@H]3[C@@H](CCN3C(=O)C3(F)CCC3)O2)cn1. The number of likely N-dealkylation sites (tertiary alicyclic amines) is 1. The van der Waals surface area contributed by atoms with E-state index < -0.39 is 17.7 Å². The van der Waals surface area contributed by atoms with Crippen molar-refractivity contribution in [1.82, 2.24) is 20.2 Å². The average Bonchev–Trinajstić information content (AvgIpc) is 3.19. The highest BCUT2D eigenvalue weighted by Crippen LogP contribution is 2.41. The summed E-state index contributed by atoms with van der Waals surface area (Å²) in [5, 5.41) is 2.80. The molecule has 0 aromatic carbocycles. The van der Waals surface area contributed by atoms with Crippen LogP contribution in [0.2, 0.25) is 0 Å². The van der Waals surface area contributed by atoms with Gasteiger partial charge in [0.2, 0.25) is 5.91 Å². The second-order valence-electron chi connectivity index (χ2n) is 7.44. The maximum Gasteiger partial charge on any atom is 0.260 e. The van der Waals surface area contributed by atoms with Crippen molar-refractivity contribution in [3.05, 3.63) is 23.8 Å². The quantitative estimate of drug-likeness (QED) is 0.866. The first-order valence-corrected chi connectivity index (χ1v) is 9.17. The van der Waals surface area contributed by atoms with E-state index in [1.54, 1.807) is 17.3 Å². The first kappa shape index (κ1) is 17.3. The molecule has 4 rings (SSSR count). The number of fused-ring (bicyclic) bond motifs is 1. The Morgan fingerprint density at radius 2 is 2.19 bits per heavy atom. The lowest BCUT2D eigenvalue weighted by atomic mass is 9.80. The molecule has 2 saturated heterocycles. The second-order valence-corrected chi connectivity index (χ2v) is 7.44. The third-order valence-electron chi connectivity index (χ3n) is 5.64. The standard InChI is InChI=1S/C18H23FN4O3/c1-11-8-21-12(9-20-11)10-22-16(24)15-7-13-14(26-15)3-6-23(13)17(25)18(19)4-2-5-18/h8-9,13-15H,2-7,10H2,1H3,(H,22,24)/t13-,14-,15-/m1/s1. The molecule has 3 heterocycles. The number of carbonyl (C=O) groups is 2. The lowest BCUT2D eigenvalue weighted by Crippen LogP contribution is -2.52. The summed E-state index contributed by atoms with van der Waals surface area (Å²) in [5.74, 6) is -0.649. The van der Waals surface area contributed by atoms with E-state index in [4.69, 9.17) is 4.74 Å². The van der Waals surface area contributed by atoms with Gasteiger partial charge >= 0.3 is 0 Å². The van der Waals surface area contributed by atoms with Crippen LogP contribution in [-0.4, -0.2) is 57.1 Å². The average molecular weight is 362 g/mol. The Labute approximate surface area is 151 Å². The summed E-state index contributed by atoms with van der Waals surface area (Å²) < 4.78 is 20.3. The summed E-state index contributed by atoms with van der Waals surface area (Å²) in [6.45, 7) is 2.63. The van der Waals surface area contributed by atoms with Crippen LogP contribution in [0.3, 0.4) is 0 Å². The van der Waals surface area contributed by atoms with Gasteiger partial charge in [0.1, 0.15) is 6.10 Å². The molecule has 26 heavy (non-hydrogen) atoms. The third-order valence-corrected chi connectivity index (χ3v) is 5.64. The lowest BCUT2D eigenvalue weighted by molar-refractivity contribution is -0.151. The zero-order chi connectivity index (χ0) is 18.3. The molecule has 1 aliphatic carbocycles. The predicted octanol–water partition coefficient (Wildman–Crippen LogP) is 1.05. The molecule has 8 heteroatoms. The fourth-order valence-corrected chi connectivity index (χ4v) is 3.93. The number of nitrogens with one attached hydrogen (secondary N) is 1. The minimum absolute atomic E-state index is 0.183. The highest BCUT2D eigenvalue weighted by Gasteiger charge is 2.53. The Balaban J connectivity index is 1.33. The van der Waals surface area contributed by atoms with E-state index in [9.17, 15) is 14.0 Å². The van der Waals surface area contributed by atoms with E-state index in [2.05, 4.69) is 15.3 Å². The summed E-state index contributed by atoms with van der Waals surface area (Å²) in [5.41, 5.74) is -0.212. The molecular formula is C18H23FN4O3. The van der Waals surface area contributed by atoms with Gasteiger partial charge in [-0.25, -0.2) is 4.39 Å². The van der Waals surface area contributed by atoms with Crippen molar-refractivity contribution in [2.75, 3.05) is 6.54 Å². The number of halogens is 1. The zero-order valence-corrected chi connectivity index (χ0v) is 14.8. The van der Waals surface area contributed by atoms with E-state index >= 15 is 0 Å². The van der Waals surface area contributed by atoms with Crippen LogP contribution >= 0.6 is 0 Å². The van der Waals surface area contributed by atoms with Crippen LogP contribution in [0, 0.1) is 6.92 Å². The number of alkyl halides is 1. The minimum atomic E-state index is -1.70. The molecule has 0 unspecified atom stereocenters. The first-order chi connectivity index (χ1) is 12.5. The van der Waals surface area contributed by atoms with Crippen LogP contribution in [0.15, 0.2) is 12.4 Å². The smallest absolute Gasteiger partial charge is 0.260 e. The van der Waals surface area contributed by atoms with E-state index in [1.807, 2.05) is 6.92 Å². The Morgan fingerprint density at radius 3 is 2.85 bits per heavy atom. The fraction of sp³-hybridized carbons (Fsp3) is 0.667. The van der Waals surface area contributed by atoms with Gasteiger partial charge in [-0.05, 0) is 32.6 Å². The fourth-order valence-electron chi connectivity index (χ4n) is 3.93. The van der Waals surface area contributed by atoms with Gasteiger partial charge in [-0.3, -0.25) is 19.6 Å². The van der Waals surface area contributed by atoms with Gasteiger partial charge in [0.25, 0.3) is 5.91 Å². The van der Waals surface area contributed by atoms with Gasteiger partial charge in [0.15, 0.2) is 5.67 Å². The molecule has 140 valence electrons. The van der Waals surface area contributed by atoms with E-state index in [0.717, 1.165) is 12.1 Å². The van der Waals surface area contributed by atoms with Crippen molar-refractivity contribution >= 4 is 11.8 Å². The molecule has 7 nitrogen and oxygen atoms in total. The van der Waals surface area contributed by atoms with Gasteiger partial charge < -0.3 is 15.0 Å². The van der Waals surface area contributed by atoms with Crippen molar-refractivity contribution in [3.63, 3.8) is 0 Å². The number of hydrogen-bond donors (Lipinski definition) is 1. The zero-order valence-electron chi connectivity index (χ0n) is 14.8. The molecule has 1 N–H and O–H groups in total. The molecule has 3 fully saturated rings. The molecule has 2 amide bonds. The van der Waals surface area contributed by atoms with Crippen LogP contribution in [0.4, 0.5) is 4.39 Å². The van der Waals surface area contributed by atoms with Crippen LogP contribution in [0.1, 0.15) is 43.5 Å². The third kappa shape index (κ3) is 3.06. The predicted molar refractivity (Wildman–Crippen MR) is 89.7 cm³/mol. The normalized spacial score (nSPS) is 29.2. The van der Waals surface area contributed by atoms with E-state index in [-0.39, 0.29) is 24.6 Å². The van der Waals surface area contributed by atoms with Crippen LogP contribution in [0.25, 0.3) is 0 Å². The Kier molecular flexibility index (Phi) is 4.38. The Morgan fingerprint density at radius 1 is 1.38 bits per heavy atom. The number of aryl methyl sites for hydroxylation is 1. The number of hydrogen-bond acceptors (Lipinski definition) is 5. The Hall–Kier alpha value is -2.09. The maximum absolute atomic E-state index is 14.5. The summed E-state index contributed by atoms with van der Waals surface area (Å²) >= 11 is 0. The number of amides is 2. The molecule has 3 atom stereocenters. The summed E-state index contributed by atoms with van der Waals surface area (Å²) in [6, 6.07) is -0.203. The molecule has 1 saturated carbocycles. The number of rotatable bonds is 4. The topological polar surface area (TPSA) is 84.4 Å². The molecule has 0 spiro atoms. The summed E-state index contributed by atoms with van der Waals surface area (Å²) in [7, 11) is 0. The lowest BCUT2D eigenvalue weighted by Gasteiger charge is -2.37. The van der Waals surface area contributed by atoms with Gasteiger partial charge in [-0.2, -0.15) is 0 Å². The largest absolute Gasteiger partial charge is 0.363 e. The highest BCUT2D eigenvalue weighted by molar-refractivity contribution is 5.87. The van der Waals surface area contributed by atoms with Crippen molar-refractivity contribution in [3.8, 4) is 0 Å². The molecular weight excluding hydrogens is 339 g/mol. The van der Waals surface area contributed by atoms with Gasteiger partial charge in [-0.1, -0.05) is 0 Å². The highest BCUT2D eigenvalue weighted by atomic mass is 19.1. The van der Waals surface area contributed by atoms with Gasteiger partial charge in [0, 0.05) is 19.2 Å². The van der Waals surface area contributed by atoms with Crippen LogP contribution in [-0.2, 0) is 20.9 Å². The second kappa shape index (κ2) is 6.57. The molecule has 3 aliphatic rings. The van der Waals surface area contributed by atoms with Crippen molar-refractivity contribution in [2.45, 2.75) is 69.5 Å². The number of ether oxygens (including phenoxy) is 1. The van der Waals surface area contributed by atoms with Crippen molar-refractivity contribution in [2.24, 2.45) is 0 Å². The number of nitrogens with zero attached hydrogens (tertiary/aromatic N) is 3. The molecule has 1 aromatic rings. The van der Waals surface area contributed by atoms with E-state index in [1.165, 1.54) is 0 Å². The van der Waals surface area contributed by atoms with E-state index in [0.29, 0.717) is 37.9 Å². The maximum atomic E-state index is 14.5. The van der Waals surface area contributed by atoms with Crippen molar-refractivity contribution < 1.29 is 18.7 Å². The molecule has 0 bridgehead atoms. The Bertz CT molecular complexity index is 707. The summed E-state index contributed by atoms with van der Waals surface area (Å²) in [4.78, 5) is 34.8. The monoisotopic (exact) mass is 362 g/mol. The van der Waals surface area contributed by atoms with Crippen LogP contribution < -0.4 is 5.32 Å². The summed E-state index contributed by atoms with van der Waals surface area (Å²) in [6.07, 6.45) is 4.91. The van der Waals surface area contributed by atoms with Crippen LogP contribution in [0.5, 0.6) is 0 Å². The van der Waals surface area contributed by atoms with Gasteiger partial charge in [0.05, 0.1) is 36.3 Å². The molecule has 0 radical (unpaired) electrons. The number of carbonyl (C=O) groups excluding carboxylic acids is 2. The van der Waals surface area contributed by atoms with Gasteiger partial charge in [-0.15, -0.1) is 0 Å². The molecule has 1 aromatic heterocycles. The first-order valence-electron chi connectivity index (χ1n) is 9.17.